The van der Waals surface area contributed by atoms with Crippen LogP contribution in [0, 0.1) is 22.2 Å². The summed E-state index contributed by atoms with van der Waals surface area (Å²) < 4.78 is 0. The Kier molecular flexibility index (Phi) is 1.22. The van der Waals surface area contributed by atoms with Crippen molar-refractivity contribution >= 4 is 0 Å². The highest BCUT2D eigenvalue weighted by molar-refractivity contribution is 5.30. The van der Waals surface area contributed by atoms with Crippen LogP contribution in [0.2, 0.25) is 0 Å². The molecular formula is C14H22. The van der Waals surface area contributed by atoms with Gasteiger partial charge in [0.2, 0.25) is 0 Å². The predicted molar refractivity (Wildman–Crippen MR) is 58.0 cm³/mol. The maximum absolute atomic E-state index is 2.35. The van der Waals surface area contributed by atoms with Crippen molar-refractivity contribution in [2.45, 2.75) is 64.7 Å². The van der Waals surface area contributed by atoms with E-state index >= 15 is 0 Å². The fourth-order valence-electron chi connectivity index (χ4n) is 6.23. The molecule has 0 aromatic heterocycles. The molecule has 5 fully saturated rings. The van der Waals surface area contributed by atoms with Gasteiger partial charge in [-0.1, -0.05) is 19.8 Å². The fourth-order valence-corrected chi connectivity index (χ4v) is 6.23. The van der Waals surface area contributed by atoms with E-state index in [9.17, 15) is 0 Å². The third-order valence-electron chi connectivity index (χ3n) is 6.24. The smallest absolute Gasteiger partial charge is 0.0227 e. The van der Waals surface area contributed by atoms with Crippen molar-refractivity contribution in [3.63, 3.8) is 0 Å². The van der Waals surface area contributed by atoms with Gasteiger partial charge in [0.15, 0.2) is 0 Å². The highest BCUT2D eigenvalue weighted by Crippen LogP contribution is 2.90. The van der Waals surface area contributed by atoms with Gasteiger partial charge in [-0.2, -0.15) is 0 Å². The van der Waals surface area contributed by atoms with E-state index in [4.69, 9.17) is 0 Å². The van der Waals surface area contributed by atoms with Gasteiger partial charge in [0.05, 0.1) is 0 Å². The molecule has 2 atom stereocenters. The summed E-state index contributed by atoms with van der Waals surface area (Å²) in [6.45, 7) is 2.35. The maximum Gasteiger partial charge on any atom is -0.0227 e. The van der Waals surface area contributed by atoms with Crippen molar-refractivity contribution in [1.29, 1.82) is 0 Å². The molecule has 0 aromatic rings. The van der Waals surface area contributed by atoms with E-state index in [2.05, 4.69) is 6.92 Å². The van der Waals surface area contributed by atoms with Crippen molar-refractivity contribution in [3.05, 3.63) is 0 Å². The molecule has 0 radical (unpaired) electrons. The second kappa shape index (κ2) is 2.08. The van der Waals surface area contributed by atoms with E-state index in [1.54, 1.807) is 44.9 Å². The Morgan fingerprint density at radius 3 is 2.29 bits per heavy atom. The topological polar surface area (TPSA) is 0 Å². The van der Waals surface area contributed by atoms with Gasteiger partial charge in [0, 0.05) is 0 Å². The molecule has 14 heavy (non-hydrogen) atoms. The van der Waals surface area contributed by atoms with E-state index in [0.29, 0.717) is 0 Å². The van der Waals surface area contributed by atoms with Crippen LogP contribution in [0.3, 0.4) is 0 Å². The van der Waals surface area contributed by atoms with Crippen LogP contribution < -0.4 is 0 Å². The van der Waals surface area contributed by atoms with Gasteiger partial charge in [-0.05, 0) is 67.1 Å². The summed E-state index contributed by atoms with van der Waals surface area (Å²) in [6.07, 6.45) is 14.3. The van der Waals surface area contributed by atoms with Crippen LogP contribution in [0.15, 0.2) is 0 Å². The summed E-state index contributed by atoms with van der Waals surface area (Å²) in [5, 5.41) is 0. The first kappa shape index (κ1) is 8.19. The quantitative estimate of drug-likeness (QED) is 0.627. The molecule has 78 valence electrons. The second-order valence-electron chi connectivity index (χ2n) is 7.17. The van der Waals surface area contributed by atoms with Crippen LogP contribution in [-0.4, -0.2) is 0 Å². The Morgan fingerprint density at radius 1 is 1.00 bits per heavy atom. The Labute approximate surface area is 87.5 Å². The minimum atomic E-state index is 0.870. The first-order valence-corrected chi connectivity index (χ1v) is 6.72. The van der Waals surface area contributed by atoms with Crippen LogP contribution in [0.5, 0.6) is 0 Å². The lowest BCUT2D eigenvalue weighted by Crippen LogP contribution is -2.32. The third kappa shape index (κ3) is 0.717. The lowest BCUT2D eigenvalue weighted by molar-refractivity contribution is 0.0760. The van der Waals surface area contributed by atoms with Crippen LogP contribution in [0.1, 0.15) is 64.7 Å². The van der Waals surface area contributed by atoms with Crippen molar-refractivity contribution in [1.82, 2.24) is 0 Å². The summed E-state index contributed by atoms with van der Waals surface area (Å²) in [5.74, 6) is 1.17. The Morgan fingerprint density at radius 2 is 1.71 bits per heavy atom. The van der Waals surface area contributed by atoms with Gasteiger partial charge in [0.1, 0.15) is 0 Å². The van der Waals surface area contributed by atoms with Crippen molar-refractivity contribution < 1.29 is 0 Å². The zero-order valence-electron chi connectivity index (χ0n) is 9.44. The molecule has 5 saturated carbocycles. The minimum absolute atomic E-state index is 0.870. The fraction of sp³-hybridized carbons (Fsp3) is 1.00. The molecule has 0 aromatic carbocycles. The number of unbranched alkanes of at least 4 members (excludes halogenated alkanes) is 1. The van der Waals surface area contributed by atoms with Crippen LogP contribution in [0.25, 0.3) is 0 Å². The highest BCUT2D eigenvalue weighted by Gasteiger charge is 2.81. The van der Waals surface area contributed by atoms with Gasteiger partial charge in [-0.3, -0.25) is 0 Å². The van der Waals surface area contributed by atoms with Crippen LogP contribution >= 0.6 is 0 Å². The van der Waals surface area contributed by atoms with Crippen molar-refractivity contribution in [3.8, 4) is 0 Å². The SMILES string of the molecule is CCCCC12CC3CC4(C1)CC4(C3)C2. The minimum Gasteiger partial charge on any atom is -0.0654 e. The molecule has 0 N–H and O–H groups in total. The summed E-state index contributed by atoms with van der Waals surface area (Å²) >= 11 is 0. The number of hydrogen-bond donors (Lipinski definition) is 0. The third-order valence-corrected chi connectivity index (χ3v) is 6.24. The first-order valence-electron chi connectivity index (χ1n) is 6.72. The molecule has 0 aliphatic heterocycles. The van der Waals surface area contributed by atoms with E-state index in [1.807, 2.05) is 0 Å². The lowest BCUT2D eigenvalue weighted by Gasteiger charge is -2.43. The van der Waals surface area contributed by atoms with Gasteiger partial charge in [-0.25, -0.2) is 0 Å². The maximum atomic E-state index is 2.35. The summed E-state index contributed by atoms with van der Waals surface area (Å²) in [6, 6.07) is 0. The molecule has 0 amide bonds. The summed E-state index contributed by atoms with van der Waals surface area (Å²) in [5.41, 5.74) is 2.74. The first-order chi connectivity index (χ1) is 6.72. The average molecular weight is 190 g/mol. The molecule has 2 unspecified atom stereocenters. The molecule has 2 spiro atoms. The molecule has 0 heteroatoms. The standard InChI is InChI=1S/C14H22/c1-2-3-4-12-5-11-6-13(8-12)10-14(13,7-11)9-12/h11H,2-10H2,1H3. The zero-order valence-corrected chi connectivity index (χ0v) is 9.44. The van der Waals surface area contributed by atoms with Gasteiger partial charge in [0.25, 0.3) is 0 Å². The van der Waals surface area contributed by atoms with E-state index in [-0.39, 0.29) is 0 Å². The molecule has 5 aliphatic carbocycles. The second-order valence-corrected chi connectivity index (χ2v) is 7.17. The molecule has 5 rings (SSSR count). The molecule has 5 aliphatic rings. The van der Waals surface area contributed by atoms with Gasteiger partial charge in [-0.15, -0.1) is 0 Å². The number of hydrogen-bond acceptors (Lipinski definition) is 0. The molecular weight excluding hydrogens is 168 g/mol. The average Bonchev–Trinajstić information content (AvgIpc) is 2.51. The molecule has 4 bridgehead atoms. The normalized spacial score (nSPS) is 61.9. The van der Waals surface area contributed by atoms with E-state index < -0.39 is 0 Å². The Bertz CT molecular complexity index is 272. The predicted octanol–water partition coefficient (Wildman–Crippen LogP) is 4.15. The number of rotatable bonds is 3. The Balaban J connectivity index is 1.63. The van der Waals surface area contributed by atoms with E-state index in [0.717, 1.165) is 16.2 Å². The van der Waals surface area contributed by atoms with E-state index in [1.165, 1.54) is 18.8 Å². The van der Waals surface area contributed by atoms with Crippen LogP contribution in [-0.2, 0) is 0 Å². The summed E-state index contributed by atoms with van der Waals surface area (Å²) in [4.78, 5) is 0. The van der Waals surface area contributed by atoms with Crippen molar-refractivity contribution in [2.24, 2.45) is 22.2 Å². The molecule has 0 heterocycles. The zero-order chi connectivity index (χ0) is 9.44. The van der Waals surface area contributed by atoms with Crippen LogP contribution in [0.4, 0.5) is 0 Å². The molecule has 0 nitrogen and oxygen atoms in total. The lowest BCUT2D eigenvalue weighted by atomic mass is 9.62. The van der Waals surface area contributed by atoms with Gasteiger partial charge >= 0.3 is 0 Å². The van der Waals surface area contributed by atoms with Crippen molar-refractivity contribution in [2.75, 3.05) is 0 Å². The van der Waals surface area contributed by atoms with Gasteiger partial charge < -0.3 is 0 Å². The highest BCUT2D eigenvalue weighted by atomic mass is 14.8. The Hall–Kier alpha value is 0. The monoisotopic (exact) mass is 190 g/mol. The largest absolute Gasteiger partial charge is 0.0654 e. The summed E-state index contributed by atoms with van der Waals surface area (Å²) in [7, 11) is 0. The molecule has 0 saturated heterocycles.